The molecule has 0 aliphatic rings. The van der Waals surface area contributed by atoms with Gasteiger partial charge in [-0.25, -0.2) is 4.79 Å². The standard InChI is InChI=1S/C18H26O2/c1-3-5-6-10-13-17(4-2)20-18(19)15-14-16-11-8-7-9-12-16/h7-9,11-12,14-15,17H,3-6,10,13H2,1-2H3. The maximum atomic E-state index is 11.8. The summed E-state index contributed by atoms with van der Waals surface area (Å²) in [4.78, 5) is 11.8. The highest BCUT2D eigenvalue weighted by molar-refractivity contribution is 5.87. The summed E-state index contributed by atoms with van der Waals surface area (Å²) in [6.07, 6.45) is 10.1. The largest absolute Gasteiger partial charge is 0.459 e. The van der Waals surface area contributed by atoms with Gasteiger partial charge in [0, 0.05) is 6.08 Å². The van der Waals surface area contributed by atoms with Crippen molar-refractivity contribution in [2.24, 2.45) is 0 Å². The van der Waals surface area contributed by atoms with Crippen LogP contribution in [0.25, 0.3) is 6.08 Å². The maximum Gasteiger partial charge on any atom is 0.331 e. The number of carbonyl (C=O) groups is 1. The molecule has 0 aliphatic heterocycles. The Balaban J connectivity index is 2.33. The fraction of sp³-hybridized carbons (Fsp3) is 0.500. The Labute approximate surface area is 122 Å². The van der Waals surface area contributed by atoms with Crippen LogP contribution in [0.5, 0.6) is 0 Å². The van der Waals surface area contributed by atoms with Gasteiger partial charge in [0.15, 0.2) is 0 Å². The minimum Gasteiger partial charge on any atom is -0.459 e. The van der Waals surface area contributed by atoms with Gasteiger partial charge >= 0.3 is 5.97 Å². The van der Waals surface area contributed by atoms with Crippen molar-refractivity contribution in [3.63, 3.8) is 0 Å². The van der Waals surface area contributed by atoms with Crippen LogP contribution in [0.3, 0.4) is 0 Å². The Morgan fingerprint density at radius 3 is 2.55 bits per heavy atom. The molecule has 0 radical (unpaired) electrons. The molecule has 0 aliphatic carbocycles. The van der Waals surface area contributed by atoms with E-state index in [0.717, 1.165) is 24.8 Å². The predicted octanol–water partition coefficient (Wildman–Crippen LogP) is 4.99. The number of ether oxygens (including phenoxy) is 1. The zero-order valence-corrected chi connectivity index (χ0v) is 12.7. The topological polar surface area (TPSA) is 26.3 Å². The van der Waals surface area contributed by atoms with Crippen LogP contribution in [-0.2, 0) is 9.53 Å². The molecular formula is C18H26O2. The van der Waals surface area contributed by atoms with Crippen molar-refractivity contribution in [1.82, 2.24) is 0 Å². The molecule has 1 rings (SSSR count). The fourth-order valence-electron chi connectivity index (χ4n) is 2.08. The minimum atomic E-state index is -0.240. The lowest BCUT2D eigenvalue weighted by atomic mass is 10.1. The molecule has 0 aromatic heterocycles. The Morgan fingerprint density at radius 1 is 1.15 bits per heavy atom. The van der Waals surface area contributed by atoms with Crippen LogP contribution in [-0.4, -0.2) is 12.1 Å². The van der Waals surface area contributed by atoms with Gasteiger partial charge < -0.3 is 4.74 Å². The molecule has 2 nitrogen and oxygen atoms in total. The molecule has 0 bridgehead atoms. The van der Waals surface area contributed by atoms with Gasteiger partial charge in [-0.05, 0) is 30.9 Å². The van der Waals surface area contributed by atoms with Gasteiger partial charge in [-0.2, -0.15) is 0 Å². The second-order valence-corrected chi connectivity index (χ2v) is 5.06. The first-order chi connectivity index (χ1) is 9.76. The molecule has 1 atom stereocenters. The molecule has 1 aromatic rings. The summed E-state index contributed by atoms with van der Waals surface area (Å²) in [5, 5.41) is 0. The molecule has 0 N–H and O–H groups in total. The molecule has 0 heterocycles. The number of benzene rings is 1. The van der Waals surface area contributed by atoms with Gasteiger partial charge in [0.05, 0.1) is 0 Å². The maximum absolute atomic E-state index is 11.8. The fourth-order valence-corrected chi connectivity index (χ4v) is 2.08. The normalized spacial score (nSPS) is 12.5. The van der Waals surface area contributed by atoms with Crippen LogP contribution in [0.1, 0.15) is 57.9 Å². The zero-order chi connectivity index (χ0) is 14.6. The van der Waals surface area contributed by atoms with E-state index in [1.165, 1.54) is 25.3 Å². The second-order valence-electron chi connectivity index (χ2n) is 5.06. The Morgan fingerprint density at radius 2 is 1.90 bits per heavy atom. The molecule has 0 spiro atoms. The van der Waals surface area contributed by atoms with E-state index in [9.17, 15) is 4.79 Å². The molecule has 1 unspecified atom stereocenters. The second kappa shape index (κ2) is 10.2. The number of hydrogen-bond donors (Lipinski definition) is 0. The molecule has 0 saturated carbocycles. The van der Waals surface area contributed by atoms with E-state index in [1.54, 1.807) is 6.08 Å². The first-order valence-electron chi connectivity index (χ1n) is 7.70. The highest BCUT2D eigenvalue weighted by atomic mass is 16.5. The molecule has 2 heteroatoms. The van der Waals surface area contributed by atoms with E-state index in [0.29, 0.717) is 0 Å². The van der Waals surface area contributed by atoms with E-state index < -0.39 is 0 Å². The van der Waals surface area contributed by atoms with Gasteiger partial charge in [-0.1, -0.05) is 63.4 Å². The molecule has 1 aromatic carbocycles. The van der Waals surface area contributed by atoms with E-state index >= 15 is 0 Å². The van der Waals surface area contributed by atoms with Gasteiger partial charge in [-0.3, -0.25) is 0 Å². The van der Waals surface area contributed by atoms with Gasteiger partial charge in [0.25, 0.3) is 0 Å². The highest BCUT2D eigenvalue weighted by Crippen LogP contribution is 2.12. The molecule has 0 amide bonds. The van der Waals surface area contributed by atoms with Gasteiger partial charge in [-0.15, -0.1) is 0 Å². The van der Waals surface area contributed by atoms with Gasteiger partial charge in [0.2, 0.25) is 0 Å². The third-order valence-electron chi connectivity index (χ3n) is 3.33. The molecule has 110 valence electrons. The number of esters is 1. The summed E-state index contributed by atoms with van der Waals surface area (Å²) in [5.74, 6) is -0.240. The number of unbranched alkanes of at least 4 members (excludes halogenated alkanes) is 3. The van der Waals surface area contributed by atoms with Crippen molar-refractivity contribution in [1.29, 1.82) is 0 Å². The lowest BCUT2D eigenvalue weighted by Gasteiger charge is -2.14. The molecule has 20 heavy (non-hydrogen) atoms. The van der Waals surface area contributed by atoms with E-state index in [4.69, 9.17) is 4.74 Å². The lowest BCUT2D eigenvalue weighted by Crippen LogP contribution is -2.15. The number of hydrogen-bond acceptors (Lipinski definition) is 2. The Hall–Kier alpha value is -1.57. The van der Waals surface area contributed by atoms with Crippen LogP contribution >= 0.6 is 0 Å². The first kappa shape index (κ1) is 16.5. The third kappa shape index (κ3) is 7.13. The van der Waals surface area contributed by atoms with Crippen molar-refractivity contribution in [3.05, 3.63) is 42.0 Å². The van der Waals surface area contributed by atoms with E-state index in [1.807, 2.05) is 30.3 Å². The van der Waals surface area contributed by atoms with Crippen LogP contribution in [0.4, 0.5) is 0 Å². The zero-order valence-electron chi connectivity index (χ0n) is 12.7. The Kier molecular flexibility index (Phi) is 8.44. The summed E-state index contributed by atoms with van der Waals surface area (Å²) < 4.78 is 5.48. The third-order valence-corrected chi connectivity index (χ3v) is 3.33. The summed E-state index contributed by atoms with van der Waals surface area (Å²) >= 11 is 0. The van der Waals surface area contributed by atoms with Crippen LogP contribution < -0.4 is 0 Å². The number of rotatable bonds is 9. The van der Waals surface area contributed by atoms with E-state index in [-0.39, 0.29) is 12.1 Å². The SMILES string of the molecule is CCCCCCC(CC)OC(=O)C=Cc1ccccc1. The minimum absolute atomic E-state index is 0.0554. The van der Waals surface area contributed by atoms with Crippen molar-refractivity contribution in [3.8, 4) is 0 Å². The first-order valence-corrected chi connectivity index (χ1v) is 7.70. The summed E-state index contributed by atoms with van der Waals surface area (Å²) in [6, 6.07) is 9.79. The van der Waals surface area contributed by atoms with Crippen molar-refractivity contribution >= 4 is 12.0 Å². The lowest BCUT2D eigenvalue weighted by molar-refractivity contribution is -0.143. The monoisotopic (exact) mass is 274 g/mol. The average molecular weight is 274 g/mol. The van der Waals surface area contributed by atoms with Crippen molar-refractivity contribution in [2.75, 3.05) is 0 Å². The van der Waals surface area contributed by atoms with Crippen molar-refractivity contribution in [2.45, 2.75) is 58.5 Å². The van der Waals surface area contributed by atoms with Gasteiger partial charge in [0.1, 0.15) is 6.10 Å². The predicted molar refractivity (Wildman–Crippen MR) is 84.4 cm³/mol. The van der Waals surface area contributed by atoms with Crippen LogP contribution in [0, 0.1) is 0 Å². The van der Waals surface area contributed by atoms with Crippen LogP contribution in [0.15, 0.2) is 36.4 Å². The number of carbonyl (C=O) groups excluding carboxylic acids is 1. The smallest absolute Gasteiger partial charge is 0.331 e. The van der Waals surface area contributed by atoms with E-state index in [2.05, 4.69) is 13.8 Å². The van der Waals surface area contributed by atoms with Crippen LogP contribution in [0.2, 0.25) is 0 Å². The Bertz CT molecular complexity index is 395. The summed E-state index contributed by atoms with van der Waals surface area (Å²) in [7, 11) is 0. The molecule has 0 fully saturated rings. The van der Waals surface area contributed by atoms with Crippen molar-refractivity contribution < 1.29 is 9.53 Å². The molecule has 0 saturated heterocycles. The molecular weight excluding hydrogens is 248 g/mol. The summed E-state index contributed by atoms with van der Waals surface area (Å²) in [6.45, 7) is 4.27. The highest BCUT2D eigenvalue weighted by Gasteiger charge is 2.09. The quantitative estimate of drug-likeness (QED) is 0.360. The average Bonchev–Trinajstić information content (AvgIpc) is 2.49. The summed E-state index contributed by atoms with van der Waals surface area (Å²) in [5.41, 5.74) is 1.01.